The lowest BCUT2D eigenvalue weighted by molar-refractivity contribution is 0.0766. The Morgan fingerprint density at radius 2 is 1.55 bits per heavy atom. The van der Waals surface area contributed by atoms with Crippen LogP contribution in [0.2, 0.25) is 0 Å². The minimum atomic E-state index is -3.59. The molecule has 0 radical (unpaired) electrons. The van der Waals surface area contributed by atoms with Gasteiger partial charge in [0.05, 0.1) is 12.0 Å². The van der Waals surface area contributed by atoms with Crippen LogP contribution in [-0.2, 0) is 10.0 Å². The largest absolute Gasteiger partial charge is 0.497 e. The summed E-state index contributed by atoms with van der Waals surface area (Å²) < 4.78 is 33.2. The van der Waals surface area contributed by atoms with Crippen LogP contribution in [0.5, 0.6) is 5.75 Å². The third-order valence-corrected chi connectivity index (χ3v) is 8.40. The van der Waals surface area contributed by atoms with Gasteiger partial charge in [0.15, 0.2) is 0 Å². The second kappa shape index (κ2) is 10.6. The van der Waals surface area contributed by atoms with Gasteiger partial charge >= 0.3 is 0 Å². The normalized spacial score (nSPS) is 18.5. The van der Waals surface area contributed by atoms with Crippen molar-refractivity contribution in [2.75, 3.05) is 51.3 Å². The Morgan fingerprint density at radius 1 is 0.818 bits per heavy atom. The number of anilines is 1. The van der Waals surface area contributed by atoms with Crippen molar-refractivity contribution >= 4 is 21.6 Å². The Hall–Kier alpha value is -2.58. The van der Waals surface area contributed by atoms with E-state index in [2.05, 4.69) is 4.90 Å². The standard InChI is InChI=1S/C25H33N3O4S/c1-32-23-12-10-22(11-13-23)26-14-7-15-27(19-18-26)25(29)21-8-6-9-24(20-21)33(30,31)28-16-4-2-3-5-17-28/h6,8-13,20H,2-5,7,14-19H2,1H3. The fourth-order valence-electron chi connectivity index (χ4n) is 4.58. The van der Waals surface area contributed by atoms with Crippen LogP contribution in [0, 0.1) is 0 Å². The quantitative estimate of drug-likeness (QED) is 0.666. The number of methoxy groups -OCH3 is 1. The molecule has 0 N–H and O–H groups in total. The van der Waals surface area contributed by atoms with Crippen molar-refractivity contribution in [3.8, 4) is 5.75 Å². The summed E-state index contributed by atoms with van der Waals surface area (Å²) in [4.78, 5) is 17.6. The third kappa shape index (κ3) is 5.50. The van der Waals surface area contributed by atoms with Crippen LogP contribution < -0.4 is 9.64 Å². The zero-order valence-corrected chi connectivity index (χ0v) is 20.1. The zero-order valence-electron chi connectivity index (χ0n) is 19.3. The molecule has 0 aromatic heterocycles. The highest BCUT2D eigenvalue weighted by molar-refractivity contribution is 7.89. The molecule has 2 heterocycles. The van der Waals surface area contributed by atoms with E-state index in [0.717, 1.165) is 56.6 Å². The van der Waals surface area contributed by atoms with Gasteiger partial charge in [0.2, 0.25) is 10.0 Å². The first-order valence-electron chi connectivity index (χ1n) is 11.8. The molecule has 2 aromatic carbocycles. The van der Waals surface area contributed by atoms with Gasteiger partial charge in [-0.15, -0.1) is 0 Å². The van der Waals surface area contributed by atoms with Gasteiger partial charge < -0.3 is 14.5 Å². The zero-order chi connectivity index (χ0) is 23.3. The molecule has 0 saturated carbocycles. The third-order valence-electron chi connectivity index (χ3n) is 6.50. The summed E-state index contributed by atoms with van der Waals surface area (Å²) in [6.45, 7) is 3.92. The Labute approximate surface area is 197 Å². The number of nitrogens with zero attached hydrogens (tertiary/aromatic N) is 3. The van der Waals surface area contributed by atoms with Gasteiger partial charge in [0.1, 0.15) is 5.75 Å². The van der Waals surface area contributed by atoms with E-state index in [1.54, 1.807) is 35.7 Å². The van der Waals surface area contributed by atoms with E-state index in [-0.39, 0.29) is 10.8 Å². The predicted octanol–water partition coefficient (Wildman–Crippen LogP) is 3.61. The summed E-state index contributed by atoms with van der Waals surface area (Å²) in [5, 5.41) is 0. The van der Waals surface area contributed by atoms with Gasteiger partial charge in [-0.3, -0.25) is 4.79 Å². The highest BCUT2D eigenvalue weighted by Crippen LogP contribution is 2.23. The number of hydrogen-bond donors (Lipinski definition) is 0. The summed E-state index contributed by atoms with van der Waals surface area (Å²) in [6, 6.07) is 14.5. The van der Waals surface area contributed by atoms with E-state index in [0.29, 0.717) is 31.7 Å². The van der Waals surface area contributed by atoms with Gasteiger partial charge in [-0.1, -0.05) is 18.9 Å². The number of carbonyl (C=O) groups excluding carboxylic acids is 1. The molecule has 1 amide bonds. The minimum Gasteiger partial charge on any atom is -0.497 e. The average molecular weight is 472 g/mol. The molecule has 4 rings (SSSR count). The fraction of sp³-hybridized carbons (Fsp3) is 0.480. The summed E-state index contributed by atoms with van der Waals surface area (Å²) in [6.07, 6.45) is 4.75. The van der Waals surface area contributed by atoms with E-state index in [1.165, 1.54) is 0 Å². The van der Waals surface area contributed by atoms with Gasteiger partial charge in [0, 0.05) is 50.5 Å². The van der Waals surface area contributed by atoms with Crippen LogP contribution in [0.4, 0.5) is 5.69 Å². The summed E-state index contributed by atoms with van der Waals surface area (Å²) in [7, 11) is -1.93. The SMILES string of the molecule is COc1ccc(N2CCCN(C(=O)c3cccc(S(=O)(=O)N4CCCCCC4)c3)CC2)cc1. The topological polar surface area (TPSA) is 70.2 Å². The van der Waals surface area contributed by atoms with Gasteiger partial charge in [-0.2, -0.15) is 4.31 Å². The average Bonchev–Trinajstić information content (AvgIpc) is 3.28. The van der Waals surface area contributed by atoms with Crippen LogP contribution in [-0.4, -0.2) is 69.9 Å². The molecule has 0 unspecified atom stereocenters. The Kier molecular flexibility index (Phi) is 7.55. The van der Waals surface area contributed by atoms with E-state index < -0.39 is 10.0 Å². The van der Waals surface area contributed by atoms with Crippen molar-refractivity contribution in [2.24, 2.45) is 0 Å². The van der Waals surface area contributed by atoms with Crippen molar-refractivity contribution in [2.45, 2.75) is 37.0 Å². The Balaban J connectivity index is 1.45. The van der Waals surface area contributed by atoms with E-state index in [4.69, 9.17) is 4.74 Å². The number of rotatable bonds is 5. The van der Waals surface area contributed by atoms with Crippen LogP contribution in [0.25, 0.3) is 0 Å². The highest BCUT2D eigenvalue weighted by atomic mass is 32.2. The monoisotopic (exact) mass is 471 g/mol. The lowest BCUT2D eigenvalue weighted by Crippen LogP contribution is -2.35. The summed E-state index contributed by atoms with van der Waals surface area (Å²) >= 11 is 0. The van der Waals surface area contributed by atoms with Gasteiger partial charge in [-0.25, -0.2) is 8.42 Å². The number of sulfonamides is 1. The first-order chi connectivity index (χ1) is 16.0. The number of benzene rings is 2. The number of carbonyl (C=O) groups is 1. The molecule has 2 aliphatic heterocycles. The molecule has 7 nitrogen and oxygen atoms in total. The van der Waals surface area contributed by atoms with Crippen molar-refractivity contribution in [3.63, 3.8) is 0 Å². The maximum absolute atomic E-state index is 13.3. The smallest absolute Gasteiger partial charge is 0.253 e. The Morgan fingerprint density at radius 3 is 2.24 bits per heavy atom. The maximum atomic E-state index is 13.3. The number of hydrogen-bond acceptors (Lipinski definition) is 5. The summed E-state index contributed by atoms with van der Waals surface area (Å²) in [5.74, 6) is 0.708. The predicted molar refractivity (Wildman–Crippen MR) is 129 cm³/mol. The minimum absolute atomic E-state index is 0.112. The lowest BCUT2D eigenvalue weighted by atomic mass is 10.2. The van der Waals surface area contributed by atoms with Crippen LogP contribution >= 0.6 is 0 Å². The molecule has 2 aliphatic rings. The van der Waals surface area contributed by atoms with E-state index in [1.807, 2.05) is 29.2 Å². The molecular weight excluding hydrogens is 438 g/mol. The summed E-state index contributed by atoms with van der Waals surface area (Å²) in [5.41, 5.74) is 1.54. The second-order valence-electron chi connectivity index (χ2n) is 8.68. The van der Waals surface area contributed by atoms with E-state index >= 15 is 0 Å². The molecule has 0 aliphatic carbocycles. The Bertz CT molecular complexity index is 1050. The molecule has 2 saturated heterocycles. The van der Waals surface area contributed by atoms with Crippen LogP contribution in [0.1, 0.15) is 42.5 Å². The fourth-order valence-corrected chi connectivity index (χ4v) is 6.14. The number of amides is 1. The van der Waals surface area contributed by atoms with Gasteiger partial charge in [0.25, 0.3) is 5.91 Å². The molecule has 0 bridgehead atoms. The first kappa shape index (κ1) is 23.6. The van der Waals surface area contributed by atoms with Crippen molar-refractivity contribution in [1.82, 2.24) is 9.21 Å². The van der Waals surface area contributed by atoms with Crippen LogP contribution in [0.15, 0.2) is 53.4 Å². The molecule has 8 heteroatoms. The lowest BCUT2D eigenvalue weighted by Gasteiger charge is -2.24. The molecule has 0 spiro atoms. The van der Waals surface area contributed by atoms with Crippen molar-refractivity contribution in [1.29, 1.82) is 0 Å². The van der Waals surface area contributed by atoms with Crippen molar-refractivity contribution in [3.05, 3.63) is 54.1 Å². The molecule has 2 aromatic rings. The maximum Gasteiger partial charge on any atom is 0.253 e. The molecule has 2 fully saturated rings. The van der Waals surface area contributed by atoms with E-state index in [9.17, 15) is 13.2 Å². The van der Waals surface area contributed by atoms with Crippen LogP contribution in [0.3, 0.4) is 0 Å². The molecular formula is C25H33N3O4S. The molecule has 178 valence electrons. The molecule has 0 atom stereocenters. The van der Waals surface area contributed by atoms with Crippen molar-refractivity contribution < 1.29 is 17.9 Å². The number of ether oxygens (including phenoxy) is 1. The van der Waals surface area contributed by atoms with Gasteiger partial charge in [-0.05, 0) is 61.7 Å². The first-order valence-corrected chi connectivity index (χ1v) is 13.2. The highest BCUT2D eigenvalue weighted by Gasteiger charge is 2.27. The molecule has 33 heavy (non-hydrogen) atoms. The second-order valence-corrected chi connectivity index (χ2v) is 10.6.